The van der Waals surface area contributed by atoms with Crippen molar-refractivity contribution in [3.05, 3.63) is 60.8 Å². The number of carbonyl (C=O) groups is 1. The van der Waals surface area contributed by atoms with E-state index in [0.29, 0.717) is 5.75 Å². The van der Waals surface area contributed by atoms with E-state index < -0.39 is 12.0 Å². The molecule has 1 aromatic heterocycles. The summed E-state index contributed by atoms with van der Waals surface area (Å²) in [5.74, 6) is 0.141. The molecule has 23 heavy (non-hydrogen) atoms. The minimum atomic E-state index is -0.680. The molecule has 2 aromatic carbocycles. The fourth-order valence-electron chi connectivity index (χ4n) is 2.30. The third-order valence-electron chi connectivity index (χ3n) is 3.60. The molecule has 0 aliphatic rings. The summed E-state index contributed by atoms with van der Waals surface area (Å²) in [5.41, 5.74) is 9.20. The molecule has 3 N–H and O–H groups in total. The van der Waals surface area contributed by atoms with Gasteiger partial charge in [0.25, 0.3) is 5.91 Å². The molecule has 0 unspecified atom stereocenters. The first kappa shape index (κ1) is 14.8. The Labute approximate surface area is 134 Å². The first-order valence-electron chi connectivity index (χ1n) is 7.30. The van der Waals surface area contributed by atoms with Gasteiger partial charge in [0.1, 0.15) is 5.75 Å². The van der Waals surface area contributed by atoms with Crippen LogP contribution >= 0.6 is 0 Å². The van der Waals surface area contributed by atoms with E-state index in [1.54, 1.807) is 13.1 Å². The Kier molecular flexibility index (Phi) is 4.10. The Morgan fingerprint density at radius 2 is 1.78 bits per heavy atom. The van der Waals surface area contributed by atoms with Gasteiger partial charge in [-0.05, 0) is 30.2 Å². The standard InChI is InChI=1S/C18H17N3O2/c1-12(18(19)22)23-17-5-3-2-4-15(17)13-6-8-14(9-7-13)16-10-11-20-21-16/h2-12H,1H3,(H2,19,22)(H,20,21)/t12-/m0/s1. The maximum absolute atomic E-state index is 11.2. The van der Waals surface area contributed by atoms with E-state index in [9.17, 15) is 4.79 Å². The molecule has 3 rings (SSSR count). The predicted molar refractivity (Wildman–Crippen MR) is 88.7 cm³/mol. The molecule has 1 atom stereocenters. The normalized spacial score (nSPS) is 11.9. The van der Waals surface area contributed by atoms with Crippen LogP contribution in [0.3, 0.4) is 0 Å². The maximum Gasteiger partial charge on any atom is 0.258 e. The highest BCUT2D eigenvalue weighted by Gasteiger charge is 2.13. The molecule has 5 nitrogen and oxygen atoms in total. The lowest BCUT2D eigenvalue weighted by molar-refractivity contribution is -0.123. The number of H-pyrrole nitrogens is 1. The SMILES string of the molecule is C[C@H](Oc1ccccc1-c1ccc(-c2ccn[nH]2)cc1)C(N)=O. The van der Waals surface area contributed by atoms with Crippen LogP contribution in [0.5, 0.6) is 5.75 Å². The first-order valence-corrected chi connectivity index (χ1v) is 7.30. The van der Waals surface area contributed by atoms with Crippen molar-refractivity contribution < 1.29 is 9.53 Å². The summed E-state index contributed by atoms with van der Waals surface area (Å²) in [7, 11) is 0. The number of carbonyl (C=O) groups excluding carboxylic acids is 1. The third-order valence-corrected chi connectivity index (χ3v) is 3.60. The average Bonchev–Trinajstić information content (AvgIpc) is 3.10. The second-order valence-electron chi connectivity index (χ2n) is 5.21. The summed E-state index contributed by atoms with van der Waals surface area (Å²) in [6.45, 7) is 1.64. The van der Waals surface area contributed by atoms with Gasteiger partial charge in [-0.25, -0.2) is 0 Å². The van der Waals surface area contributed by atoms with Crippen LogP contribution in [-0.4, -0.2) is 22.2 Å². The van der Waals surface area contributed by atoms with Gasteiger partial charge in [0.2, 0.25) is 0 Å². The van der Waals surface area contributed by atoms with Crippen LogP contribution in [0.4, 0.5) is 0 Å². The van der Waals surface area contributed by atoms with Gasteiger partial charge in [0.05, 0.1) is 5.69 Å². The van der Waals surface area contributed by atoms with E-state index in [-0.39, 0.29) is 0 Å². The van der Waals surface area contributed by atoms with Crippen molar-refractivity contribution in [1.29, 1.82) is 0 Å². The molecule has 0 aliphatic heterocycles. The number of amides is 1. The number of benzene rings is 2. The second kappa shape index (κ2) is 6.36. The summed E-state index contributed by atoms with van der Waals surface area (Å²) in [6.07, 6.45) is 1.04. The van der Waals surface area contributed by atoms with Gasteiger partial charge in [-0.15, -0.1) is 0 Å². The lowest BCUT2D eigenvalue weighted by Crippen LogP contribution is -2.30. The number of primary amides is 1. The van der Waals surface area contributed by atoms with Crippen molar-refractivity contribution in [2.75, 3.05) is 0 Å². The zero-order valence-electron chi connectivity index (χ0n) is 12.7. The fraction of sp³-hybridized carbons (Fsp3) is 0.111. The molecule has 1 heterocycles. The maximum atomic E-state index is 11.2. The van der Waals surface area contributed by atoms with Crippen LogP contribution in [-0.2, 0) is 4.79 Å². The van der Waals surface area contributed by atoms with E-state index in [0.717, 1.165) is 22.4 Å². The highest BCUT2D eigenvalue weighted by atomic mass is 16.5. The highest BCUT2D eigenvalue weighted by molar-refractivity contribution is 5.79. The van der Waals surface area contributed by atoms with Crippen molar-refractivity contribution in [3.8, 4) is 28.1 Å². The Morgan fingerprint density at radius 3 is 2.43 bits per heavy atom. The minimum absolute atomic E-state index is 0.491. The molecule has 0 bridgehead atoms. The number of nitrogens with zero attached hydrogens (tertiary/aromatic N) is 1. The number of hydrogen-bond donors (Lipinski definition) is 2. The number of aromatic nitrogens is 2. The van der Waals surface area contributed by atoms with E-state index in [1.807, 2.05) is 54.6 Å². The topological polar surface area (TPSA) is 81.0 Å². The third kappa shape index (κ3) is 3.23. The first-order chi connectivity index (χ1) is 11.1. The van der Waals surface area contributed by atoms with Gasteiger partial charge in [-0.1, -0.05) is 42.5 Å². The molecule has 1 amide bonds. The summed E-state index contributed by atoms with van der Waals surface area (Å²) in [5, 5.41) is 6.89. The molecular formula is C18H17N3O2. The second-order valence-corrected chi connectivity index (χ2v) is 5.21. The quantitative estimate of drug-likeness (QED) is 0.760. The van der Waals surface area contributed by atoms with Crippen LogP contribution in [0, 0.1) is 0 Å². The highest BCUT2D eigenvalue weighted by Crippen LogP contribution is 2.31. The number of nitrogens with one attached hydrogen (secondary N) is 1. The zero-order chi connectivity index (χ0) is 16.2. The Balaban J connectivity index is 1.91. The van der Waals surface area contributed by atoms with Crippen LogP contribution < -0.4 is 10.5 Å². The lowest BCUT2D eigenvalue weighted by atomic mass is 10.0. The predicted octanol–water partition coefficient (Wildman–Crippen LogP) is 3.00. The van der Waals surface area contributed by atoms with Crippen LogP contribution in [0.1, 0.15) is 6.92 Å². The summed E-state index contributed by atoms with van der Waals surface area (Å²) < 4.78 is 5.67. The molecule has 0 saturated heterocycles. The largest absolute Gasteiger partial charge is 0.480 e. The molecular weight excluding hydrogens is 290 g/mol. The number of aromatic amines is 1. The molecule has 0 fully saturated rings. The number of rotatable bonds is 5. The average molecular weight is 307 g/mol. The summed E-state index contributed by atoms with van der Waals surface area (Å²) in [6, 6.07) is 17.5. The molecule has 0 saturated carbocycles. The van der Waals surface area contributed by atoms with E-state index in [1.165, 1.54) is 0 Å². The Hall–Kier alpha value is -3.08. The molecule has 0 radical (unpaired) electrons. The van der Waals surface area contributed by atoms with Crippen molar-refractivity contribution >= 4 is 5.91 Å². The van der Waals surface area contributed by atoms with Crippen molar-refractivity contribution in [1.82, 2.24) is 10.2 Å². The van der Waals surface area contributed by atoms with E-state index >= 15 is 0 Å². The number of ether oxygens (including phenoxy) is 1. The van der Waals surface area contributed by atoms with Crippen molar-refractivity contribution in [2.45, 2.75) is 13.0 Å². The fourth-order valence-corrected chi connectivity index (χ4v) is 2.30. The summed E-state index contributed by atoms with van der Waals surface area (Å²) in [4.78, 5) is 11.2. The van der Waals surface area contributed by atoms with Crippen LogP contribution in [0.25, 0.3) is 22.4 Å². The number of para-hydroxylation sites is 1. The van der Waals surface area contributed by atoms with E-state index in [4.69, 9.17) is 10.5 Å². The van der Waals surface area contributed by atoms with Gasteiger partial charge in [0, 0.05) is 11.8 Å². The minimum Gasteiger partial charge on any atom is -0.480 e. The smallest absolute Gasteiger partial charge is 0.258 e. The van der Waals surface area contributed by atoms with Gasteiger partial charge in [-0.2, -0.15) is 5.10 Å². The molecule has 3 aromatic rings. The van der Waals surface area contributed by atoms with Gasteiger partial charge in [0.15, 0.2) is 6.10 Å². The van der Waals surface area contributed by atoms with Crippen molar-refractivity contribution in [2.24, 2.45) is 5.73 Å². The molecule has 0 spiro atoms. The van der Waals surface area contributed by atoms with Crippen LogP contribution in [0.2, 0.25) is 0 Å². The number of hydrogen-bond acceptors (Lipinski definition) is 3. The van der Waals surface area contributed by atoms with Gasteiger partial charge in [-0.3, -0.25) is 9.89 Å². The monoisotopic (exact) mass is 307 g/mol. The van der Waals surface area contributed by atoms with E-state index in [2.05, 4.69) is 10.2 Å². The molecule has 5 heteroatoms. The van der Waals surface area contributed by atoms with Gasteiger partial charge < -0.3 is 10.5 Å². The summed E-state index contributed by atoms with van der Waals surface area (Å²) >= 11 is 0. The van der Waals surface area contributed by atoms with Gasteiger partial charge >= 0.3 is 0 Å². The lowest BCUT2D eigenvalue weighted by Gasteiger charge is -2.15. The zero-order valence-corrected chi connectivity index (χ0v) is 12.7. The molecule has 116 valence electrons. The number of nitrogens with two attached hydrogens (primary N) is 1. The van der Waals surface area contributed by atoms with Crippen molar-refractivity contribution in [3.63, 3.8) is 0 Å². The van der Waals surface area contributed by atoms with Crippen LogP contribution in [0.15, 0.2) is 60.8 Å². The Morgan fingerprint density at radius 1 is 1.09 bits per heavy atom. The molecule has 0 aliphatic carbocycles. The Bertz CT molecular complexity index is 795.